The van der Waals surface area contributed by atoms with Gasteiger partial charge in [0.25, 0.3) is 11.8 Å². The summed E-state index contributed by atoms with van der Waals surface area (Å²) in [6.45, 7) is 0. The van der Waals surface area contributed by atoms with Crippen molar-refractivity contribution in [1.82, 2.24) is 48.8 Å². The van der Waals surface area contributed by atoms with E-state index in [1.54, 1.807) is 70.2 Å². The minimum absolute atomic E-state index is 0.212. The number of hydrogen-bond donors (Lipinski definition) is 4. The Morgan fingerprint density at radius 1 is 0.633 bits per heavy atom. The Labute approximate surface area is 342 Å². The summed E-state index contributed by atoms with van der Waals surface area (Å²) in [5, 5.41) is 44.8. The van der Waals surface area contributed by atoms with Crippen LogP contribution in [-0.4, -0.2) is 97.2 Å². The Balaban J connectivity index is 0.000000154. The van der Waals surface area contributed by atoms with E-state index in [2.05, 4.69) is 41.0 Å². The van der Waals surface area contributed by atoms with Crippen LogP contribution in [0.5, 0.6) is 11.5 Å². The number of hydrogen-bond acceptors (Lipinski definition) is 12. The highest BCUT2D eigenvalue weighted by Gasteiger charge is 2.25. The van der Waals surface area contributed by atoms with Gasteiger partial charge in [0, 0.05) is 47.7 Å². The van der Waals surface area contributed by atoms with E-state index in [0.29, 0.717) is 45.6 Å². The summed E-state index contributed by atoms with van der Waals surface area (Å²) < 4.78 is 18.0. The van der Waals surface area contributed by atoms with E-state index in [1.165, 1.54) is 14.2 Å². The lowest BCUT2D eigenvalue weighted by atomic mass is 9.93. The molecule has 0 radical (unpaired) electrons. The molecule has 6 aromatic heterocycles. The van der Waals surface area contributed by atoms with Crippen LogP contribution in [0.1, 0.15) is 84.2 Å². The second-order valence-corrected chi connectivity index (χ2v) is 15.1. The molecule has 0 unspecified atom stereocenters. The van der Waals surface area contributed by atoms with Crippen molar-refractivity contribution in [3.05, 3.63) is 96.8 Å². The number of imidazole rings is 2. The number of anilines is 2. The second kappa shape index (κ2) is 16.4. The molecule has 60 heavy (non-hydrogen) atoms. The minimum Gasteiger partial charge on any atom is -0.496 e. The van der Waals surface area contributed by atoms with E-state index in [4.69, 9.17) is 9.47 Å². The number of methoxy groups -OCH3 is 2. The number of amides is 2. The van der Waals surface area contributed by atoms with Gasteiger partial charge in [-0.2, -0.15) is 29.4 Å². The van der Waals surface area contributed by atoms with Crippen molar-refractivity contribution in [2.24, 2.45) is 0 Å². The molecule has 4 N–H and O–H groups in total. The summed E-state index contributed by atoms with van der Waals surface area (Å²) in [4.78, 5) is 34.5. The summed E-state index contributed by atoms with van der Waals surface area (Å²) >= 11 is 0. The van der Waals surface area contributed by atoms with Crippen molar-refractivity contribution in [2.75, 3.05) is 24.9 Å². The van der Waals surface area contributed by atoms with E-state index < -0.39 is 0 Å². The number of nitrogens with one attached hydrogen (secondary N) is 2. The molecule has 2 fully saturated rings. The highest BCUT2D eigenvalue weighted by molar-refractivity contribution is 6.09. The molecule has 0 aliphatic heterocycles. The predicted molar refractivity (Wildman–Crippen MR) is 221 cm³/mol. The number of carbonyl (C=O) groups excluding carboxylic acids is 2. The molecule has 0 bridgehead atoms. The fraction of sp³-hybridized carbons (Fsp3) is 0.333. The molecule has 6 heterocycles. The normalized spacial score (nSPS) is 19.3. The molecule has 2 amide bonds. The topological polar surface area (TPSA) is 213 Å². The fourth-order valence-corrected chi connectivity index (χ4v) is 8.05. The molecule has 2 saturated carbocycles. The number of benzene rings is 2. The van der Waals surface area contributed by atoms with Gasteiger partial charge < -0.3 is 30.3 Å². The van der Waals surface area contributed by atoms with Gasteiger partial charge in [0.2, 0.25) is 0 Å². The van der Waals surface area contributed by atoms with Gasteiger partial charge in [0.15, 0.2) is 22.9 Å². The summed E-state index contributed by atoms with van der Waals surface area (Å²) in [7, 11) is 3.07. The zero-order valence-corrected chi connectivity index (χ0v) is 33.0. The number of aliphatic hydroxyl groups excluding tert-OH is 2. The molecule has 0 atom stereocenters. The van der Waals surface area contributed by atoms with Gasteiger partial charge in [-0.1, -0.05) is 0 Å². The lowest BCUT2D eigenvalue weighted by molar-refractivity contribution is 0.101. The monoisotopic (exact) mass is 812 g/mol. The van der Waals surface area contributed by atoms with Crippen molar-refractivity contribution in [3.63, 3.8) is 0 Å². The van der Waals surface area contributed by atoms with Gasteiger partial charge >= 0.3 is 0 Å². The number of aromatic nitrogens is 10. The first-order valence-corrected chi connectivity index (χ1v) is 19.9. The maximum absolute atomic E-state index is 13.0. The first kappa shape index (κ1) is 38.6. The first-order chi connectivity index (χ1) is 29.2. The molecule has 0 saturated heterocycles. The Morgan fingerprint density at radius 3 is 1.45 bits per heavy atom. The number of carbonyl (C=O) groups is 2. The van der Waals surface area contributed by atoms with Crippen molar-refractivity contribution < 1.29 is 29.3 Å². The van der Waals surface area contributed by atoms with Crippen LogP contribution in [0.3, 0.4) is 0 Å². The van der Waals surface area contributed by atoms with Gasteiger partial charge in [-0.15, -0.1) is 0 Å². The van der Waals surface area contributed by atoms with Crippen LogP contribution in [0.4, 0.5) is 11.6 Å². The maximum Gasteiger partial charge on any atom is 0.260 e. The number of fused-ring (bicyclic) bond motifs is 4. The zero-order valence-electron chi connectivity index (χ0n) is 33.0. The molecule has 2 aromatic carbocycles. The minimum atomic E-state index is -0.310. The van der Waals surface area contributed by atoms with Crippen LogP contribution in [0, 0.1) is 0 Å². The molecule has 0 spiro atoms. The average molecular weight is 813 g/mol. The number of aliphatic hydroxyl groups is 2. The molecule has 2 aliphatic rings. The quantitative estimate of drug-likeness (QED) is 0.147. The summed E-state index contributed by atoms with van der Waals surface area (Å²) in [5.41, 5.74) is 3.66. The van der Waals surface area contributed by atoms with Crippen LogP contribution in [0.15, 0.2) is 85.7 Å². The molecular weight excluding hydrogens is 769 g/mol. The standard InChI is InChI=1S/2C21H22N6O3/c2*1-30-18-10-17-13(12-26(25-17)14-4-6-15(28)7-5-14)9-16(18)21(29)24-20-11-22-19-3-2-8-23-27(19)20/h2*2-3,8-12,14-15,28H,4-7H2,1H3,(H,24,29). The largest absolute Gasteiger partial charge is 0.496 e. The predicted octanol–water partition coefficient (Wildman–Crippen LogP) is 5.63. The fourth-order valence-electron chi connectivity index (χ4n) is 8.05. The van der Waals surface area contributed by atoms with Gasteiger partial charge in [0.1, 0.15) is 11.5 Å². The van der Waals surface area contributed by atoms with Crippen molar-refractivity contribution in [3.8, 4) is 11.5 Å². The highest BCUT2D eigenvalue weighted by Crippen LogP contribution is 2.33. The maximum atomic E-state index is 13.0. The van der Waals surface area contributed by atoms with Gasteiger partial charge in [-0.3, -0.25) is 19.0 Å². The molecule has 18 heteroatoms. The Morgan fingerprint density at radius 2 is 1.05 bits per heavy atom. The van der Waals surface area contributed by atoms with Crippen molar-refractivity contribution in [1.29, 1.82) is 0 Å². The van der Waals surface area contributed by atoms with Gasteiger partial charge in [-0.05, 0) is 87.8 Å². The third-order valence-corrected chi connectivity index (χ3v) is 11.3. The van der Waals surface area contributed by atoms with Crippen LogP contribution < -0.4 is 20.1 Å². The third kappa shape index (κ3) is 7.69. The van der Waals surface area contributed by atoms with Crippen molar-refractivity contribution in [2.45, 2.75) is 75.7 Å². The molecule has 8 aromatic rings. The SMILES string of the molecule is COc1cc2nn(C3CCC(O)CC3)cc2cc1C(=O)Nc1cnc2cccnn12.COc1cc2nn(C3CCC(O)CC3)cc2cc1C(=O)Nc1cnc2cccnn12. The van der Waals surface area contributed by atoms with Crippen LogP contribution in [0.25, 0.3) is 33.1 Å². The Hall–Kier alpha value is -6.92. The molecule has 2 aliphatic carbocycles. The summed E-state index contributed by atoms with van der Waals surface area (Å²) in [6, 6.07) is 14.9. The lowest BCUT2D eigenvalue weighted by Crippen LogP contribution is -2.21. The van der Waals surface area contributed by atoms with E-state index in [-0.39, 0.29) is 36.1 Å². The molecular formula is C42H44N12O6. The number of rotatable bonds is 8. The first-order valence-electron chi connectivity index (χ1n) is 19.9. The van der Waals surface area contributed by atoms with E-state index >= 15 is 0 Å². The highest BCUT2D eigenvalue weighted by atomic mass is 16.5. The molecule has 10 rings (SSSR count). The summed E-state index contributed by atoms with van der Waals surface area (Å²) in [5.74, 6) is 1.24. The average Bonchev–Trinajstić information content (AvgIpc) is 4.08. The van der Waals surface area contributed by atoms with E-state index in [9.17, 15) is 19.8 Å². The van der Waals surface area contributed by atoms with Crippen LogP contribution in [-0.2, 0) is 0 Å². The zero-order chi connectivity index (χ0) is 41.3. The summed E-state index contributed by atoms with van der Waals surface area (Å²) in [6.07, 6.45) is 16.6. The van der Waals surface area contributed by atoms with Crippen molar-refractivity contribution >= 4 is 56.6 Å². The van der Waals surface area contributed by atoms with Crippen LogP contribution >= 0.6 is 0 Å². The third-order valence-electron chi connectivity index (χ3n) is 11.3. The lowest BCUT2D eigenvalue weighted by Gasteiger charge is -2.25. The molecule has 18 nitrogen and oxygen atoms in total. The number of ether oxygens (including phenoxy) is 2. The second-order valence-electron chi connectivity index (χ2n) is 15.1. The smallest absolute Gasteiger partial charge is 0.260 e. The van der Waals surface area contributed by atoms with E-state index in [1.807, 2.05) is 33.9 Å². The Bertz CT molecular complexity index is 2640. The number of nitrogens with zero attached hydrogens (tertiary/aromatic N) is 10. The van der Waals surface area contributed by atoms with E-state index in [0.717, 1.165) is 73.2 Å². The van der Waals surface area contributed by atoms with Crippen LogP contribution in [0.2, 0.25) is 0 Å². The molecule has 308 valence electrons. The van der Waals surface area contributed by atoms with Gasteiger partial charge in [-0.25, -0.2) is 9.97 Å². The van der Waals surface area contributed by atoms with Gasteiger partial charge in [0.05, 0.1) is 73.1 Å². The Kier molecular flexibility index (Phi) is 10.5.